The van der Waals surface area contributed by atoms with Crippen LogP contribution in [0.5, 0.6) is 17.2 Å². The maximum atomic E-state index is 13.4. The lowest BCUT2D eigenvalue weighted by Crippen LogP contribution is -2.77. The molecule has 2 fully saturated rings. The van der Waals surface area contributed by atoms with E-state index in [-0.39, 0.29) is 23.7 Å². The van der Waals surface area contributed by atoms with Crippen LogP contribution in [-0.4, -0.2) is 78.7 Å². The number of ether oxygens (including phenoxy) is 3. The molecule has 1 saturated carbocycles. The van der Waals surface area contributed by atoms with Crippen molar-refractivity contribution >= 4 is 12.0 Å². The zero-order valence-corrected chi connectivity index (χ0v) is 22.0. The summed E-state index contributed by atoms with van der Waals surface area (Å²) < 4.78 is 54.1. The highest BCUT2D eigenvalue weighted by Crippen LogP contribution is 2.65. The van der Waals surface area contributed by atoms with E-state index in [1.807, 2.05) is 6.07 Å². The third kappa shape index (κ3) is 3.82. The lowest BCUT2D eigenvalue weighted by Gasteiger charge is -2.64. The minimum absolute atomic E-state index is 0.0581. The molecule has 7 nitrogen and oxygen atoms in total. The number of halogens is 3. The summed E-state index contributed by atoms with van der Waals surface area (Å²) in [6, 6.07) is 9.05. The standard InChI is InChI=1S/C29H31F3N2O5/c1-33-14-13-27-24-18-8-9-21(37-3)25(24)38-26(27)20(11-12-28(27,36)22(33)16-18)34(2)23(35)10-7-17-5-4-6-19(15-17)39-29(30,31)32/h4-10,15,20,22,26,36H,11-14,16H2,1-3H3/t20-,22+,26-,27-,28+/m0/s1. The van der Waals surface area contributed by atoms with Gasteiger partial charge in [0.1, 0.15) is 11.9 Å². The van der Waals surface area contributed by atoms with Crippen molar-refractivity contribution in [3.8, 4) is 17.2 Å². The van der Waals surface area contributed by atoms with E-state index in [4.69, 9.17) is 9.47 Å². The number of carbonyl (C=O) groups excluding carboxylic acids is 1. The zero-order chi connectivity index (χ0) is 27.7. The minimum atomic E-state index is -4.80. The zero-order valence-electron chi connectivity index (χ0n) is 22.0. The van der Waals surface area contributed by atoms with Gasteiger partial charge in [-0.25, -0.2) is 0 Å². The van der Waals surface area contributed by atoms with Gasteiger partial charge >= 0.3 is 6.36 Å². The Balaban J connectivity index is 1.31. The average molecular weight is 545 g/mol. The lowest BCUT2D eigenvalue weighted by molar-refractivity contribution is -0.274. The maximum Gasteiger partial charge on any atom is 0.573 e. The third-order valence-corrected chi connectivity index (χ3v) is 9.26. The van der Waals surface area contributed by atoms with E-state index < -0.39 is 23.5 Å². The highest BCUT2D eigenvalue weighted by molar-refractivity contribution is 5.92. The molecule has 1 spiro atoms. The second-order valence-electron chi connectivity index (χ2n) is 11.0. The molecule has 10 heteroatoms. The Morgan fingerprint density at radius 3 is 2.79 bits per heavy atom. The summed E-state index contributed by atoms with van der Waals surface area (Å²) >= 11 is 0. The predicted molar refractivity (Wildman–Crippen MR) is 137 cm³/mol. The molecule has 2 aliphatic carbocycles. The molecule has 4 aliphatic rings. The Morgan fingerprint density at radius 1 is 1.26 bits per heavy atom. The van der Waals surface area contributed by atoms with Crippen LogP contribution in [0.2, 0.25) is 0 Å². The number of likely N-dealkylation sites (tertiary alicyclic amines) is 1. The Bertz CT molecular complexity index is 1350. The summed E-state index contributed by atoms with van der Waals surface area (Å²) in [6.45, 7) is 0.795. The number of rotatable bonds is 5. The van der Waals surface area contributed by atoms with Gasteiger partial charge in [-0.05, 0) is 74.7 Å². The normalized spacial score (nSPS) is 31.0. The first-order chi connectivity index (χ1) is 18.5. The average Bonchev–Trinajstić information content (AvgIpc) is 3.24. The summed E-state index contributed by atoms with van der Waals surface area (Å²) in [6.07, 6.45) is 0.0160. The van der Waals surface area contributed by atoms with Crippen molar-refractivity contribution in [2.75, 3.05) is 27.7 Å². The highest BCUT2D eigenvalue weighted by Gasteiger charge is 2.73. The molecule has 2 aromatic carbocycles. The van der Waals surface area contributed by atoms with E-state index in [0.29, 0.717) is 36.3 Å². The quantitative estimate of drug-likeness (QED) is 0.576. The molecular weight excluding hydrogens is 513 g/mol. The third-order valence-electron chi connectivity index (χ3n) is 9.26. The molecule has 2 bridgehead atoms. The molecule has 1 N–H and O–H groups in total. The van der Waals surface area contributed by atoms with Gasteiger partial charge in [0.25, 0.3) is 0 Å². The molecule has 2 heterocycles. The number of amides is 1. The van der Waals surface area contributed by atoms with Crippen LogP contribution in [0.15, 0.2) is 42.5 Å². The van der Waals surface area contributed by atoms with Crippen LogP contribution in [0.25, 0.3) is 6.08 Å². The van der Waals surface area contributed by atoms with Crippen LogP contribution >= 0.6 is 0 Å². The Hall–Kier alpha value is -3.24. The monoisotopic (exact) mass is 544 g/mol. The fourth-order valence-corrected chi connectivity index (χ4v) is 7.54. The van der Waals surface area contributed by atoms with Crippen LogP contribution in [0.3, 0.4) is 0 Å². The van der Waals surface area contributed by atoms with Gasteiger partial charge in [0.05, 0.1) is 24.2 Å². The van der Waals surface area contributed by atoms with Crippen molar-refractivity contribution in [2.24, 2.45) is 0 Å². The van der Waals surface area contributed by atoms with Crippen molar-refractivity contribution in [3.63, 3.8) is 0 Å². The largest absolute Gasteiger partial charge is 0.573 e. The Kier molecular flexibility index (Phi) is 5.93. The van der Waals surface area contributed by atoms with Gasteiger partial charge in [-0.3, -0.25) is 4.79 Å². The van der Waals surface area contributed by atoms with Crippen LogP contribution in [0.4, 0.5) is 13.2 Å². The van der Waals surface area contributed by atoms with Crippen LogP contribution < -0.4 is 14.2 Å². The maximum absolute atomic E-state index is 13.4. The van der Waals surface area contributed by atoms with Gasteiger partial charge in [0, 0.05) is 24.7 Å². The summed E-state index contributed by atoms with van der Waals surface area (Å²) in [5.41, 5.74) is 0.877. The molecule has 5 atom stereocenters. The van der Waals surface area contributed by atoms with Crippen LogP contribution in [-0.2, 0) is 16.6 Å². The second-order valence-corrected chi connectivity index (χ2v) is 11.0. The summed E-state index contributed by atoms with van der Waals surface area (Å²) in [4.78, 5) is 17.2. The molecule has 208 valence electrons. The first-order valence-corrected chi connectivity index (χ1v) is 13.1. The van der Waals surface area contributed by atoms with E-state index in [2.05, 4.69) is 22.8 Å². The molecule has 1 saturated heterocycles. The number of methoxy groups -OCH3 is 1. The van der Waals surface area contributed by atoms with Gasteiger partial charge in [0.2, 0.25) is 5.91 Å². The SMILES string of the molecule is COc1ccc2c3c1O[C@H]1[C@@H](N(C)C(=O)C=Cc4cccc(OC(F)(F)F)c4)CC[C@@]4(O)[C@@H](C2)N(C)CC[C@]314. The van der Waals surface area contributed by atoms with E-state index in [1.165, 1.54) is 30.4 Å². The van der Waals surface area contributed by atoms with Gasteiger partial charge in [-0.1, -0.05) is 18.2 Å². The molecule has 1 amide bonds. The van der Waals surface area contributed by atoms with Crippen LogP contribution in [0, 0.1) is 0 Å². The molecule has 0 aromatic heterocycles. The Morgan fingerprint density at radius 2 is 2.05 bits per heavy atom. The minimum Gasteiger partial charge on any atom is -0.493 e. The molecular formula is C29H31F3N2O5. The van der Waals surface area contributed by atoms with Gasteiger partial charge < -0.3 is 29.1 Å². The number of carbonyl (C=O) groups is 1. The number of likely N-dealkylation sites (N-methyl/N-ethyl adjacent to an activating group) is 2. The summed E-state index contributed by atoms with van der Waals surface area (Å²) in [7, 11) is 5.36. The molecule has 6 rings (SSSR count). The molecule has 39 heavy (non-hydrogen) atoms. The van der Waals surface area contributed by atoms with Crippen molar-refractivity contribution < 1.29 is 37.3 Å². The van der Waals surface area contributed by atoms with Crippen molar-refractivity contribution in [1.82, 2.24) is 9.80 Å². The van der Waals surface area contributed by atoms with E-state index >= 15 is 0 Å². The second kappa shape index (κ2) is 8.89. The van der Waals surface area contributed by atoms with E-state index in [9.17, 15) is 23.1 Å². The lowest BCUT2D eigenvalue weighted by atomic mass is 9.48. The molecule has 0 radical (unpaired) electrons. The number of alkyl halides is 3. The first-order valence-electron chi connectivity index (χ1n) is 13.1. The fourth-order valence-electron chi connectivity index (χ4n) is 7.54. The van der Waals surface area contributed by atoms with Crippen LogP contribution in [0.1, 0.15) is 36.0 Å². The number of benzene rings is 2. The van der Waals surface area contributed by atoms with Crippen molar-refractivity contribution in [1.29, 1.82) is 0 Å². The van der Waals surface area contributed by atoms with Gasteiger partial charge in [0.15, 0.2) is 11.5 Å². The predicted octanol–water partition coefficient (Wildman–Crippen LogP) is 3.92. The Labute approximate surface area is 224 Å². The van der Waals surface area contributed by atoms with Gasteiger partial charge in [-0.15, -0.1) is 13.2 Å². The first kappa shape index (κ1) is 26.0. The van der Waals surface area contributed by atoms with Crippen molar-refractivity contribution in [2.45, 2.75) is 61.2 Å². The van der Waals surface area contributed by atoms with Gasteiger partial charge in [-0.2, -0.15) is 0 Å². The number of piperidine rings is 1. The summed E-state index contributed by atoms with van der Waals surface area (Å²) in [5.74, 6) is 0.611. The topological polar surface area (TPSA) is 71.5 Å². The van der Waals surface area contributed by atoms with Crippen molar-refractivity contribution in [3.05, 3.63) is 59.2 Å². The smallest absolute Gasteiger partial charge is 0.493 e. The number of hydrogen-bond acceptors (Lipinski definition) is 6. The summed E-state index contributed by atoms with van der Waals surface area (Å²) in [5, 5.41) is 12.4. The molecule has 2 aromatic rings. The number of aliphatic hydroxyl groups is 1. The van der Waals surface area contributed by atoms with E-state index in [0.717, 1.165) is 24.1 Å². The fraction of sp³-hybridized carbons (Fsp3) is 0.483. The number of nitrogens with zero attached hydrogens (tertiary/aromatic N) is 2. The molecule has 0 unspecified atom stereocenters. The molecule has 2 aliphatic heterocycles. The highest BCUT2D eigenvalue weighted by atomic mass is 19.4. The number of hydrogen-bond donors (Lipinski definition) is 1. The van der Waals surface area contributed by atoms with E-state index in [1.54, 1.807) is 25.1 Å².